The van der Waals surface area contributed by atoms with E-state index in [-0.39, 0.29) is 5.54 Å². The minimum Gasteiger partial charge on any atom is -0.397 e. The van der Waals surface area contributed by atoms with E-state index in [0.29, 0.717) is 23.8 Å². The monoisotopic (exact) mass is 375 g/mol. The van der Waals surface area contributed by atoms with Gasteiger partial charge >= 0.3 is 0 Å². The number of hydrogen-bond donors (Lipinski definition) is 2. The van der Waals surface area contributed by atoms with Crippen LogP contribution in [0.4, 0.5) is 11.5 Å². The van der Waals surface area contributed by atoms with Gasteiger partial charge in [0.25, 0.3) is 5.91 Å². The number of pyridine rings is 1. The number of hydrogen-bond acceptors (Lipinski definition) is 7. The number of nitrogen functional groups attached to an aromatic ring is 1. The summed E-state index contributed by atoms with van der Waals surface area (Å²) in [5, 5.41) is 0.901. The molecule has 0 saturated carbocycles. The Hall–Kier alpha value is -1.90. The third-order valence-corrected chi connectivity index (χ3v) is 6.76. The van der Waals surface area contributed by atoms with Gasteiger partial charge < -0.3 is 21.1 Å². The summed E-state index contributed by atoms with van der Waals surface area (Å²) in [6.45, 7) is 8.32. The molecule has 0 aromatic carbocycles. The summed E-state index contributed by atoms with van der Waals surface area (Å²) in [7, 11) is 2.13. The normalized spacial score (nSPS) is 20.3. The summed E-state index contributed by atoms with van der Waals surface area (Å²) in [5.41, 5.74) is 14.8. The lowest BCUT2D eigenvalue weighted by molar-refractivity contribution is 0.100. The average Bonchev–Trinajstić information content (AvgIpc) is 2.93. The van der Waals surface area contributed by atoms with Crippen LogP contribution in [-0.2, 0) is 17.7 Å². The second-order valence-electron chi connectivity index (χ2n) is 7.73. The molecule has 8 heteroatoms. The largest absolute Gasteiger partial charge is 0.397 e. The number of carbonyl (C=O) groups excluding carboxylic acids is 1. The van der Waals surface area contributed by atoms with Crippen molar-refractivity contribution in [1.29, 1.82) is 0 Å². The fraction of sp³-hybridized carbons (Fsp3) is 0.556. The van der Waals surface area contributed by atoms with E-state index in [1.807, 2.05) is 0 Å². The highest BCUT2D eigenvalue weighted by atomic mass is 32.1. The summed E-state index contributed by atoms with van der Waals surface area (Å²) in [6.07, 6.45) is 0.885. The predicted molar refractivity (Wildman–Crippen MR) is 105 cm³/mol. The smallest absolute Gasteiger partial charge is 0.260 e. The number of ether oxygens (including phenoxy) is 1. The molecule has 26 heavy (non-hydrogen) atoms. The van der Waals surface area contributed by atoms with Crippen molar-refractivity contribution in [2.45, 2.75) is 32.4 Å². The second-order valence-corrected chi connectivity index (χ2v) is 8.73. The third kappa shape index (κ3) is 2.64. The van der Waals surface area contributed by atoms with Gasteiger partial charge in [-0.3, -0.25) is 9.69 Å². The van der Waals surface area contributed by atoms with Gasteiger partial charge in [-0.1, -0.05) is 0 Å². The van der Waals surface area contributed by atoms with Crippen molar-refractivity contribution < 1.29 is 9.53 Å². The number of fused-ring (bicyclic) bond motifs is 3. The number of rotatable bonds is 2. The van der Waals surface area contributed by atoms with Crippen molar-refractivity contribution in [3.05, 3.63) is 16.0 Å². The van der Waals surface area contributed by atoms with Gasteiger partial charge in [-0.2, -0.15) is 0 Å². The number of nitrogens with two attached hydrogens (primary N) is 2. The van der Waals surface area contributed by atoms with Crippen LogP contribution in [0.25, 0.3) is 10.2 Å². The zero-order valence-electron chi connectivity index (χ0n) is 15.5. The van der Waals surface area contributed by atoms with E-state index in [9.17, 15) is 4.79 Å². The molecule has 0 bridgehead atoms. The number of likely N-dealkylation sites (N-methyl/N-ethyl adjacent to an activating group) is 1. The van der Waals surface area contributed by atoms with Crippen LogP contribution in [0.2, 0.25) is 0 Å². The molecule has 2 aromatic heterocycles. The topological polar surface area (TPSA) is 97.7 Å². The molecule has 4 rings (SSSR count). The SMILES string of the molecule is CN1Cc2c(c(N3CCOCC3)nc3sc(C(N)=O)c(N)c23)CC1(C)C. The van der Waals surface area contributed by atoms with E-state index in [1.54, 1.807) is 0 Å². The summed E-state index contributed by atoms with van der Waals surface area (Å²) in [4.78, 5) is 22.6. The van der Waals surface area contributed by atoms with Gasteiger partial charge in [0.2, 0.25) is 0 Å². The second kappa shape index (κ2) is 6.07. The van der Waals surface area contributed by atoms with E-state index in [4.69, 9.17) is 21.2 Å². The molecule has 4 heterocycles. The van der Waals surface area contributed by atoms with Gasteiger partial charge in [-0.15, -0.1) is 11.3 Å². The van der Waals surface area contributed by atoms with E-state index >= 15 is 0 Å². The average molecular weight is 375 g/mol. The molecule has 2 aliphatic heterocycles. The molecule has 2 aromatic rings. The van der Waals surface area contributed by atoms with Crippen LogP contribution >= 0.6 is 11.3 Å². The highest BCUT2D eigenvalue weighted by Crippen LogP contribution is 2.43. The molecule has 1 fully saturated rings. The molecule has 0 spiro atoms. The first kappa shape index (κ1) is 17.5. The van der Waals surface area contributed by atoms with Crippen LogP contribution in [0, 0.1) is 0 Å². The molecular weight excluding hydrogens is 350 g/mol. The van der Waals surface area contributed by atoms with Crippen molar-refractivity contribution >= 4 is 39.0 Å². The molecular formula is C18H25N5O2S. The van der Waals surface area contributed by atoms with E-state index in [0.717, 1.165) is 42.1 Å². The minimum atomic E-state index is -0.489. The molecule has 1 amide bonds. The zero-order valence-corrected chi connectivity index (χ0v) is 16.3. The Kier molecular flexibility index (Phi) is 4.09. The first-order valence-corrected chi connectivity index (χ1v) is 9.68. The number of thiophene rings is 1. The lowest BCUT2D eigenvalue weighted by atomic mass is 9.85. The Balaban J connectivity index is 1.98. The molecule has 7 nitrogen and oxygen atoms in total. The number of aromatic nitrogens is 1. The fourth-order valence-corrected chi connectivity index (χ4v) is 4.82. The van der Waals surface area contributed by atoms with Gasteiger partial charge in [-0.05, 0) is 32.9 Å². The van der Waals surface area contributed by atoms with E-state index in [1.165, 1.54) is 22.5 Å². The molecule has 0 unspecified atom stereocenters. The highest BCUT2D eigenvalue weighted by Gasteiger charge is 2.36. The lowest BCUT2D eigenvalue weighted by Gasteiger charge is -2.43. The van der Waals surface area contributed by atoms with Crippen molar-refractivity contribution in [2.24, 2.45) is 5.73 Å². The molecule has 1 saturated heterocycles. The molecule has 0 aliphatic carbocycles. The summed E-state index contributed by atoms with van der Waals surface area (Å²) in [6, 6.07) is 0. The van der Waals surface area contributed by atoms with Gasteiger partial charge in [0.15, 0.2) is 0 Å². The summed E-state index contributed by atoms with van der Waals surface area (Å²) >= 11 is 1.30. The first-order chi connectivity index (χ1) is 12.3. The maximum absolute atomic E-state index is 11.8. The zero-order chi connectivity index (χ0) is 18.6. The Morgan fingerprint density at radius 1 is 1.27 bits per heavy atom. The van der Waals surface area contributed by atoms with Crippen LogP contribution in [0.5, 0.6) is 0 Å². The quantitative estimate of drug-likeness (QED) is 0.827. The molecule has 4 N–H and O–H groups in total. The number of morpholine rings is 1. The number of primary amides is 1. The first-order valence-electron chi connectivity index (χ1n) is 8.87. The maximum atomic E-state index is 11.8. The number of nitrogens with zero attached hydrogens (tertiary/aromatic N) is 3. The van der Waals surface area contributed by atoms with Crippen molar-refractivity contribution in [2.75, 3.05) is 44.0 Å². The van der Waals surface area contributed by atoms with Crippen LogP contribution < -0.4 is 16.4 Å². The Labute approximate surface area is 156 Å². The summed E-state index contributed by atoms with van der Waals surface area (Å²) in [5.74, 6) is 0.519. The predicted octanol–water partition coefficient (Wildman–Crippen LogP) is 1.58. The van der Waals surface area contributed by atoms with E-state index < -0.39 is 5.91 Å². The summed E-state index contributed by atoms with van der Waals surface area (Å²) < 4.78 is 5.51. The molecule has 2 aliphatic rings. The van der Waals surface area contributed by atoms with Gasteiger partial charge in [0, 0.05) is 36.1 Å². The van der Waals surface area contributed by atoms with Crippen molar-refractivity contribution in [3.8, 4) is 0 Å². The van der Waals surface area contributed by atoms with Gasteiger partial charge in [0.1, 0.15) is 15.5 Å². The molecule has 140 valence electrons. The van der Waals surface area contributed by atoms with Gasteiger partial charge in [0.05, 0.1) is 18.9 Å². The van der Waals surface area contributed by atoms with Crippen LogP contribution in [0.1, 0.15) is 34.6 Å². The molecule has 0 atom stereocenters. The van der Waals surface area contributed by atoms with Crippen LogP contribution in [0.15, 0.2) is 0 Å². The maximum Gasteiger partial charge on any atom is 0.260 e. The van der Waals surface area contributed by atoms with Gasteiger partial charge in [-0.25, -0.2) is 4.98 Å². The van der Waals surface area contributed by atoms with Crippen LogP contribution in [-0.4, -0.2) is 54.7 Å². The van der Waals surface area contributed by atoms with Crippen LogP contribution in [0.3, 0.4) is 0 Å². The third-order valence-electron chi connectivity index (χ3n) is 5.64. The number of anilines is 2. The Bertz CT molecular complexity index is 886. The minimum absolute atomic E-state index is 0.0285. The Morgan fingerprint density at radius 2 is 1.96 bits per heavy atom. The number of amides is 1. The Morgan fingerprint density at radius 3 is 2.62 bits per heavy atom. The highest BCUT2D eigenvalue weighted by molar-refractivity contribution is 7.21. The standard InChI is InChI=1S/C18H25N5O2S/c1-18(2)8-10-11(9-22(18)3)12-13(19)14(15(20)24)26-17(12)21-16(10)23-4-6-25-7-5-23/h4-9,19H2,1-3H3,(H2,20,24). The number of carbonyl (C=O) groups is 1. The van der Waals surface area contributed by atoms with E-state index in [2.05, 4.69) is 30.7 Å². The fourth-order valence-electron chi connectivity index (χ4n) is 3.85. The molecule has 0 radical (unpaired) electrons. The van der Waals surface area contributed by atoms with Crippen molar-refractivity contribution in [3.63, 3.8) is 0 Å². The lowest BCUT2D eigenvalue weighted by Crippen LogP contribution is -2.47. The van der Waals surface area contributed by atoms with Crippen molar-refractivity contribution in [1.82, 2.24) is 9.88 Å².